The van der Waals surface area contributed by atoms with Crippen LogP contribution in [0.4, 0.5) is 11.4 Å². The lowest BCUT2D eigenvalue weighted by Crippen LogP contribution is -2.24. The summed E-state index contributed by atoms with van der Waals surface area (Å²) < 4.78 is 0. The van der Waals surface area contributed by atoms with Crippen molar-refractivity contribution < 1.29 is 9.90 Å². The number of hydrogen-bond donors (Lipinski definition) is 3. The van der Waals surface area contributed by atoms with Crippen LogP contribution < -0.4 is 15.8 Å². The number of nitrogens with one attached hydrogen (secondary N) is 2. The van der Waals surface area contributed by atoms with Gasteiger partial charge >= 0.3 is 0 Å². The lowest BCUT2D eigenvalue weighted by atomic mass is 9.96. The normalized spacial score (nSPS) is 13.3. The maximum Gasteiger partial charge on any atom is 0.265 e. The maximum atomic E-state index is 13.0. The zero-order valence-corrected chi connectivity index (χ0v) is 18.4. The molecule has 0 saturated heterocycles. The lowest BCUT2D eigenvalue weighted by molar-refractivity contribution is 0.102. The van der Waals surface area contributed by atoms with Gasteiger partial charge in [-0.2, -0.15) is 0 Å². The number of amides is 1. The van der Waals surface area contributed by atoms with E-state index in [2.05, 4.69) is 29.0 Å². The van der Waals surface area contributed by atoms with Crippen LogP contribution in [0.15, 0.2) is 23.0 Å². The van der Waals surface area contributed by atoms with Crippen LogP contribution in [0.2, 0.25) is 0 Å². The summed E-state index contributed by atoms with van der Waals surface area (Å²) >= 11 is 1.51. The van der Waals surface area contributed by atoms with Crippen molar-refractivity contribution >= 4 is 38.8 Å². The number of carbonyl (C=O) groups excluding carboxylic acids is 1. The largest absolute Gasteiger partial charge is 0.506 e. The fraction of sp³-hybridized carbons (Fsp3) is 0.391. The summed E-state index contributed by atoms with van der Waals surface area (Å²) in [5.41, 5.74) is 2.90. The van der Waals surface area contributed by atoms with Crippen LogP contribution in [0.5, 0.6) is 5.75 Å². The molecule has 0 aliphatic heterocycles. The number of rotatable bonds is 5. The number of benzene rings is 1. The number of aryl methyl sites for hydroxylation is 3. The highest BCUT2D eigenvalue weighted by atomic mass is 32.1. The second-order valence-corrected chi connectivity index (χ2v) is 8.82. The first kappa shape index (κ1) is 20.5. The first-order valence-corrected chi connectivity index (χ1v) is 11.3. The highest BCUT2D eigenvalue weighted by molar-refractivity contribution is 7.18. The molecule has 3 N–H and O–H groups in total. The van der Waals surface area contributed by atoms with Gasteiger partial charge in [-0.05, 0) is 75.8 Å². The van der Waals surface area contributed by atoms with Crippen LogP contribution in [0.3, 0.4) is 0 Å². The van der Waals surface area contributed by atoms with Gasteiger partial charge in [0.25, 0.3) is 11.5 Å². The molecule has 2 heterocycles. The van der Waals surface area contributed by atoms with Gasteiger partial charge in [0.15, 0.2) is 0 Å². The molecule has 0 fully saturated rings. The van der Waals surface area contributed by atoms with Gasteiger partial charge in [0, 0.05) is 29.3 Å². The number of thiophene rings is 1. The summed E-state index contributed by atoms with van der Waals surface area (Å²) in [6, 6.07) is 5.82. The van der Waals surface area contributed by atoms with Gasteiger partial charge < -0.3 is 20.3 Å². The second-order valence-electron chi connectivity index (χ2n) is 7.72. The molecule has 6 nitrogen and oxygen atoms in total. The Hall–Kier alpha value is -2.80. The molecule has 0 saturated carbocycles. The number of hydrogen-bond acceptors (Lipinski definition) is 5. The van der Waals surface area contributed by atoms with E-state index in [9.17, 15) is 14.7 Å². The Morgan fingerprint density at radius 1 is 1.23 bits per heavy atom. The molecule has 0 atom stereocenters. The van der Waals surface area contributed by atoms with Crippen LogP contribution >= 0.6 is 11.3 Å². The molecule has 1 aromatic carbocycles. The van der Waals surface area contributed by atoms with Crippen molar-refractivity contribution in [1.82, 2.24) is 4.98 Å². The number of aromatic hydroxyl groups is 1. The van der Waals surface area contributed by atoms with E-state index < -0.39 is 11.5 Å². The Morgan fingerprint density at radius 2 is 1.97 bits per heavy atom. The molecule has 1 amide bonds. The fourth-order valence-electron chi connectivity index (χ4n) is 4.27. The summed E-state index contributed by atoms with van der Waals surface area (Å²) in [6.07, 6.45) is 3.98. The van der Waals surface area contributed by atoms with Crippen molar-refractivity contribution in [1.29, 1.82) is 0 Å². The quantitative estimate of drug-likeness (QED) is 0.558. The monoisotopic (exact) mass is 425 g/mol. The Kier molecular flexibility index (Phi) is 5.56. The third kappa shape index (κ3) is 3.47. The number of nitrogens with zero attached hydrogens (tertiary/aromatic N) is 1. The molecule has 1 aliphatic rings. The summed E-state index contributed by atoms with van der Waals surface area (Å²) in [7, 11) is 0. The van der Waals surface area contributed by atoms with Crippen molar-refractivity contribution in [3.8, 4) is 5.75 Å². The average molecular weight is 426 g/mol. The van der Waals surface area contributed by atoms with Crippen molar-refractivity contribution in [2.45, 2.75) is 46.5 Å². The van der Waals surface area contributed by atoms with Gasteiger partial charge in [-0.1, -0.05) is 0 Å². The van der Waals surface area contributed by atoms with Crippen LogP contribution in [0.1, 0.15) is 53.1 Å². The molecule has 4 rings (SSSR count). The number of H-pyrrole nitrogens is 1. The number of pyridine rings is 1. The maximum absolute atomic E-state index is 13.0. The van der Waals surface area contributed by atoms with E-state index >= 15 is 0 Å². The molecular weight excluding hydrogens is 398 g/mol. The molecule has 0 radical (unpaired) electrons. The van der Waals surface area contributed by atoms with E-state index in [1.165, 1.54) is 16.2 Å². The third-order valence-corrected chi connectivity index (χ3v) is 7.12. The smallest absolute Gasteiger partial charge is 0.265 e. The van der Waals surface area contributed by atoms with E-state index in [1.807, 2.05) is 25.1 Å². The average Bonchev–Trinajstić information content (AvgIpc) is 3.09. The highest BCUT2D eigenvalue weighted by Crippen LogP contribution is 2.40. The highest BCUT2D eigenvalue weighted by Gasteiger charge is 2.25. The van der Waals surface area contributed by atoms with Crippen LogP contribution in [-0.2, 0) is 12.8 Å². The molecule has 0 spiro atoms. The summed E-state index contributed by atoms with van der Waals surface area (Å²) in [5.74, 6) is -0.798. The van der Waals surface area contributed by atoms with E-state index in [0.717, 1.165) is 55.6 Å². The van der Waals surface area contributed by atoms with E-state index in [0.29, 0.717) is 15.9 Å². The standard InChI is InChI=1S/C23H27N3O3S/c1-4-26(5-2)14-10-11-16(13(3)12-14)24-21(28)19-20(27)18-15-8-6-7-9-17(15)30-23(18)25-22(19)29/h10-12H,4-9H2,1-3H3,(H,24,28)(H2,25,27,29). The number of anilines is 2. The van der Waals surface area contributed by atoms with Crippen LogP contribution in [-0.4, -0.2) is 29.1 Å². The zero-order valence-electron chi connectivity index (χ0n) is 17.6. The fourth-order valence-corrected chi connectivity index (χ4v) is 5.56. The molecule has 0 unspecified atom stereocenters. The van der Waals surface area contributed by atoms with E-state index in [1.54, 1.807) is 0 Å². The third-order valence-electron chi connectivity index (χ3n) is 5.91. The van der Waals surface area contributed by atoms with Crippen molar-refractivity contribution in [2.24, 2.45) is 0 Å². The minimum Gasteiger partial charge on any atom is -0.506 e. The SMILES string of the molecule is CCN(CC)c1ccc(NC(=O)c2c(O)c3c4c(sc3[nH]c2=O)CCCC4)c(C)c1. The minimum atomic E-state index is -0.593. The van der Waals surface area contributed by atoms with E-state index in [-0.39, 0.29) is 11.3 Å². The minimum absolute atomic E-state index is 0.205. The van der Waals surface area contributed by atoms with Crippen molar-refractivity contribution in [3.63, 3.8) is 0 Å². The predicted molar refractivity (Wildman–Crippen MR) is 123 cm³/mol. The topological polar surface area (TPSA) is 85.4 Å². The summed E-state index contributed by atoms with van der Waals surface area (Å²) in [6.45, 7) is 7.92. The molecule has 0 bridgehead atoms. The molecular formula is C23H27N3O3S. The summed E-state index contributed by atoms with van der Waals surface area (Å²) in [4.78, 5) is 32.5. The van der Waals surface area contributed by atoms with Crippen LogP contribution in [0.25, 0.3) is 10.2 Å². The number of aromatic amines is 1. The molecule has 1 aliphatic carbocycles. The zero-order chi connectivity index (χ0) is 21.4. The Balaban J connectivity index is 1.69. The number of fused-ring (bicyclic) bond motifs is 3. The van der Waals surface area contributed by atoms with Crippen molar-refractivity contribution in [3.05, 3.63) is 50.1 Å². The molecule has 158 valence electrons. The Bertz CT molecular complexity index is 1170. The molecule has 2 aromatic heterocycles. The van der Waals surface area contributed by atoms with Gasteiger partial charge in [0.2, 0.25) is 0 Å². The second kappa shape index (κ2) is 8.14. The van der Waals surface area contributed by atoms with Gasteiger partial charge in [-0.25, -0.2) is 0 Å². The Morgan fingerprint density at radius 3 is 2.67 bits per heavy atom. The van der Waals surface area contributed by atoms with Crippen LogP contribution in [0, 0.1) is 6.92 Å². The first-order chi connectivity index (χ1) is 14.4. The molecule has 7 heteroatoms. The lowest BCUT2D eigenvalue weighted by Gasteiger charge is -2.22. The number of aromatic nitrogens is 1. The van der Waals surface area contributed by atoms with E-state index in [4.69, 9.17) is 0 Å². The summed E-state index contributed by atoms with van der Waals surface area (Å²) in [5, 5.41) is 14.3. The molecule has 30 heavy (non-hydrogen) atoms. The van der Waals surface area contributed by atoms with Crippen molar-refractivity contribution in [2.75, 3.05) is 23.3 Å². The van der Waals surface area contributed by atoms with Gasteiger partial charge in [-0.3, -0.25) is 9.59 Å². The van der Waals surface area contributed by atoms with Gasteiger partial charge in [0.05, 0.1) is 5.39 Å². The molecule has 3 aromatic rings. The van der Waals surface area contributed by atoms with Gasteiger partial charge in [0.1, 0.15) is 16.1 Å². The number of carbonyl (C=O) groups is 1. The Labute approximate surface area is 179 Å². The predicted octanol–water partition coefficient (Wildman–Crippen LogP) is 4.58. The van der Waals surface area contributed by atoms with Gasteiger partial charge in [-0.15, -0.1) is 11.3 Å². The first-order valence-electron chi connectivity index (χ1n) is 10.5.